The van der Waals surface area contributed by atoms with Crippen LogP contribution in [0.4, 0.5) is 0 Å². The fraction of sp³-hybridized carbons (Fsp3) is 0.712. The Morgan fingerprint density at radius 2 is 0.759 bits per heavy atom. The second-order valence-corrected chi connectivity index (χ2v) is 23.7. The molecule has 0 radical (unpaired) electrons. The third-order valence-corrected chi connectivity index (χ3v) is 16.4. The van der Waals surface area contributed by atoms with Gasteiger partial charge in [-0.1, -0.05) is 0 Å². The molecular weight excluding hydrogens is 1180 g/mol. The first-order valence-electron chi connectivity index (χ1n) is 27.8. The molecule has 3 saturated heterocycles. The number of thioether (sulfide) groups is 1. The molecule has 5 atom stereocenters. The summed E-state index contributed by atoms with van der Waals surface area (Å²) >= 11 is 1.04. The van der Waals surface area contributed by atoms with Gasteiger partial charge < -0.3 is 70.8 Å². The standard InChI is InChI=1S/C52H79N9O25S/c1-51(2)24-35(52(3,4)61(51)86)60-40(66)23-34(47(60)79)87-22-13-39(65)56-17-6-16-54(37(63)11-8-32(49(82)83)58(27-43(71)72)28-44(73)74)19-18-53(36(62)10-7-31(48(80)81)57(25-41(67)68)26-42(69)70)14-5-15-55(20-21-56)38(64)12-9-33(50(84)85)59(29-45(75)76)30-46(77)78/h31-35,86H,5-30H2,1-4H3,(H,67,68)(H,69,70)(H,71,72)(H,73,74)(H,75,76)(H,77,78)(H,80,81)(H,82,83)(H,84,85). The van der Waals surface area contributed by atoms with Crippen LogP contribution < -0.4 is 0 Å². The Morgan fingerprint density at radius 3 is 1.01 bits per heavy atom. The second-order valence-electron chi connectivity index (χ2n) is 22.4. The zero-order valence-electron chi connectivity index (χ0n) is 48.8. The summed E-state index contributed by atoms with van der Waals surface area (Å²) in [5.41, 5.74) is -1.78. The lowest BCUT2D eigenvalue weighted by molar-refractivity contribution is -0.198. The van der Waals surface area contributed by atoms with Gasteiger partial charge in [0, 0.05) is 95.8 Å². The van der Waals surface area contributed by atoms with E-state index < -0.39 is 207 Å². The molecule has 0 aromatic rings. The summed E-state index contributed by atoms with van der Waals surface area (Å²) in [6, 6.07) is -6.12. The molecule has 488 valence electrons. The van der Waals surface area contributed by atoms with Gasteiger partial charge >= 0.3 is 53.7 Å². The third-order valence-electron chi connectivity index (χ3n) is 15.2. The summed E-state index contributed by atoms with van der Waals surface area (Å²) in [7, 11) is 0. The SMILES string of the molecule is CC1(C)CC(N2C(=O)CC(SCCC(=O)N3CCCN(C(=O)CCC(C(=O)O)N(CC(=O)O)CC(=O)O)CCN(C(=O)CCC(C(=O)O)N(CC(=O)O)CC(=O)O)CCCN(C(=O)CCC(C(=O)O)N(CC(=O)O)CC(=O)O)CC3)C2=O)C(C)(C)N1O. The van der Waals surface area contributed by atoms with E-state index in [9.17, 15) is 123 Å². The first-order chi connectivity index (χ1) is 40.5. The Labute approximate surface area is 503 Å². The van der Waals surface area contributed by atoms with E-state index in [0.29, 0.717) is 14.7 Å². The van der Waals surface area contributed by atoms with E-state index in [-0.39, 0.29) is 90.2 Å². The molecular formula is C52H79N9O25S. The number of imide groups is 1. The first kappa shape index (κ1) is 73.7. The molecule has 3 fully saturated rings. The number of rotatable bonds is 32. The third kappa shape index (κ3) is 22.6. The highest BCUT2D eigenvalue weighted by Gasteiger charge is 2.58. The van der Waals surface area contributed by atoms with E-state index in [0.717, 1.165) is 26.6 Å². The summed E-state index contributed by atoms with van der Waals surface area (Å²) in [5.74, 6) is -18.3. The van der Waals surface area contributed by atoms with Gasteiger partial charge in [0.05, 0.1) is 56.1 Å². The number of carboxylic acids is 9. The molecule has 0 saturated carbocycles. The number of hydrogen-bond donors (Lipinski definition) is 10. The van der Waals surface area contributed by atoms with Crippen molar-refractivity contribution < 1.29 is 123 Å². The Kier molecular flexibility index (Phi) is 28.4. The summed E-state index contributed by atoms with van der Waals surface area (Å²) in [6.45, 7) is -1.61. The molecule has 35 heteroatoms. The van der Waals surface area contributed by atoms with Crippen LogP contribution in [0.3, 0.4) is 0 Å². The van der Waals surface area contributed by atoms with Gasteiger partial charge in [-0.25, -0.2) is 0 Å². The summed E-state index contributed by atoms with van der Waals surface area (Å²) < 4.78 is 0. The zero-order chi connectivity index (χ0) is 65.8. The van der Waals surface area contributed by atoms with E-state index in [1.807, 2.05) is 0 Å². The van der Waals surface area contributed by atoms with Gasteiger partial charge in [-0.3, -0.25) is 91.5 Å². The van der Waals surface area contributed by atoms with Gasteiger partial charge in [-0.05, 0) is 66.2 Å². The van der Waals surface area contributed by atoms with E-state index in [1.165, 1.54) is 14.7 Å². The number of carboxylic acid groups (broad SMARTS) is 9. The fourth-order valence-electron chi connectivity index (χ4n) is 11.0. The maximum Gasteiger partial charge on any atom is 0.320 e. The van der Waals surface area contributed by atoms with Crippen LogP contribution >= 0.6 is 11.8 Å². The Hall–Kier alpha value is -7.60. The number of nitrogens with zero attached hydrogens (tertiary/aromatic N) is 9. The van der Waals surface area contributed by atoms with Crippen LogP contribution in [0.15, 0.2) is 0 Å². The molecule has 0 aromatic carbocycles. The topological polar surface area (TPSA) is 488 Å². The number of aliphatic carboxylic acids is 9. The molecule has 87 heavy (non-hydrogen) atoms. The van der Waals surface area contributed by atoms with Crippen molar-refractivity contribution in [3.8, 4) is 0 Å². The van der Waals surface area contributed by atoms with Crippen LogP contribution in [0.1, 0.15) is 98.3 Å². The minimum absolute atomic E-state index is 0.00863. The largest absolute Gasteiger partial charge is 0.480 e. The number of amides is 6. The van der Waals surface area contributed by atoms with Crippen LogP contribution in [0.2, 0.25) is 0 Å². The molecule has 0 aliphatic carbocycles. The minimum Gasteiger partial charge on any atom is -0.480 e. The molecule has 3 aliphatic rings. The quantitative estimate of drug-likeness (QED) is 0.0311. The zero-order valence-corrected chi connectivity index (χ0v) is 49.6. The van der Waals surface area contributed by atoms with Crippen molar-refractivity contribution >= 4 is 101 Å². The lowest BCUT2D eigenvalue weighted by atomic mass is 9.93. The molecule has 34 nitrogen and oxygen atoms in total. The van der Waals surface area contributed by atoms with Crippen molar-refractivity contribution in [3.05, 3.63) is 0 Å². The number of likely N-dealkylation sites (tertiary alicyclic amines) is 1. The summed E-state index contributed by atoms with van der Waals surface area (Å²) in [4.78, 5) is 199. The van der Waals surface area contributed by atoms with E-state index in [4.69, 9.17) is 0 Å². The van der Waals surface area contributed by atoms with Gasteiger partial charge in [0.25, 0.3) is 0 Å². The lowest BCUT2D eigenvalue weighted by Gasteiger charge is -2.38. The molecule has 3 aliphatic heterocycles. The monoisotopic (exact) mass is 1260 g/mol. The average Bonchev–Trinajstić information content (AvgIpc) is 1.74. The normalized spacial score (nSPS) is 19.8. The van der Waals surface area contributed by atoms with Gasteiger partial charge in [0.2, 0.25) is 35.4 Å². The van der Waals surface area contributed by atoms with Crippen molar-refractivity contribution in [2.45, 2.75) is 139 Å². The van der Waals surface area contributed by atoms with Crippen LogP contribution in [0, 0.1) is 0 Å². The van der Waals surface area contributed by atoms with Crippen LogP contribution in [-0.4, -0.2) is 322 Å². The number of carbonyl (C=O) groups excluding carboxylic acids is 6. The predicted molar refractivity (Wildman–Crippen MR) is 296 cm³/mol. The maximum atomic E-state index is 14.3. The first-order valence-corrected chi connectivity index (χ1v) is 28.8. The van der Waals surface area contributed by atoms with Crippen molar-refractivity contribution in [1.29, 1.82) is 0 Å². The van der Waals surface area contributed by atoms with Crippen LogP contribution in [-0.2, 0) is 71.9 Å². The van der Waals surface area contributed by atoms with E-state index >= 15 is 0 Å². The minimum atomic E-state index is -1.83. The Balaban J connectivity index is 2.05. The van der Waals surface area contributed by atoms with Crippen molar-refractivity contribution in [1.82, 2.24) is 44.3 Å². The lowest BCUT2D eigenvalue weighted by Crippen LogP contribution is -2.54. The molecule has 0 aromatic heterocycles. The van der Waals surface area contributed by atoms with Crippen molar-refractivity contribution in [2.75, 3.05) is 97.4 Å². The van der Waals surface area contributed by atoms with Crippen molar-refractivity contribution in [2.24, 2.45) is 0 Å². The highest BCUT2D eigenvalue weighted by atomic mass is 32.2. The van der Waals surface area contributed by atoms with E-state index in [1.54, 1.807) is 27.7 Å². The molecule has 6 amide bonds. The van der Waals surface area contributed by atoms with Gasteiger partial charge in [-0.15, -0.1) is 11.8 Å². The maximum absolute atomic E-state index is 14.3. The van der Waals surface area contributed by atoms with Crippen molar-refractivity contribution in [3.63, 3.8) is 0 Å². The molecule has 5 unspecified atom stereocenters. The predicted octanol–water partition coefficient (Wildman–Crippen LogP) is -2.52. The summed E-state index contributed by atoms with van der Waals surface area (Å²) in [6.07, 6.45) is -4.18. The smallest absolute Gasteiger partial charge is 0.320 e. The Bertz CT molecular complexity index is 2540. The number of hydrogen-bond acceptors (Lipinski definition) is 21. The highest BCUT2D eigenvalue weighted by molar-refractivity contribution is 8.00. The van der Waals surface area contributed by atoms with Crippen LogP contribution in [0.5, 0.6) is 0 Å². The molecule has 0 spiro atoms. The second kappa shape index (κ2) is 33.5. The van der Waals surface area contributed by atoms with Gasteiger partial charge in [0.1, 0.15) is 18.1 Å². The Morgan fingerprint density at radius 1 is 0.471 bits per heavy atom. The van der Waals surface area contributed by atoms with Crippen LogP contribution in [0.25, 0.3) is 0 Å². The van der Waals surface area contributed by atoms with Gasteiger partial charge in [-0.2, -0.15) is 5.06 Å². The molecule has 3 rings (SSSR count). The fourth-order valence-corrected chi connectivity index (χ4v) is 12.1. The van der Waals surface area contributed by atoms with Gasteiger partial charge in [0.15, 0.2) is 0 Å². The summed E-state index contributed by atoms with van der Waals surface area (Å²) in [5, 5.41) is 97.9. The number of hydroxylamine groups is 2. The molecule has 0 bridgehead atoms. The molecule has 10 N–H and O–H groups in total. The molecule has 3 heterocycles. The van der Waals surface area contributed by atoms with E-state index in [2.05, 4.69) is 0 Å². The highest BCUT2D eigenvalue weighted by Crippen LogP contribution is 2.44. The number of carbonyl (C=O) groups is 15. The average molecular weight is 1260 g/mol.